The molecule has 136 valence electrons. The molecule has 1 unspecified atom stereocenters. The van der Waals surface area contributed by atoms with Gasteiger partial charge in [-0.2, -0.15) is 5.10 Å². The number of methoxy groups -OCH3 is 1. The summed E-state index contributed by atoms with van der Waals surface area (Å²) >= 11 is 1.51. The first-order valence-corrected chi connectivity index (χ1v) is 8.90. The monoisotopic (exact) mass is 374 g/mol. The molecular formula is C18H18N2O5S. The molecule has 2 N–H and O–H groups in total. The molecule has 1 aromatic carbocycles. The number of hydrogen-bond donors (Lipinski definition) is 2. The van der Waals surface area contributed by atoms with E-state index >= 15 is 0 Å². The zero-order valence-electron chi connectivity index (χ0n) is 14.1. The first-order chi connectivity index (χ1) is 12.5. The molecule has 0 saturated carbocycles. The lowest BCUT2D eigenvalue weighted by atomic mass is 9.99. The highest BCUT2D eigenvalue weighted by Crippen LogP contribution is 2.41. The maximum atomic E-state index is 12.6. The third-order valence-electron chi connectivity index (χ3n) is 4.13. The zero-order valence-corrected chi connectivity index (χ0v) is 14.9. The molecule has 1 atom stereocenters. The summed E-state index contributed by atoms with van der Waals surface area (Å²) in [5.74, 6) is -1.17. The molecule has 0 radical (unpaired) electrons. The summed E-state index contributed by atoms with van der Waals surface area (Å²) in [5, 5.41) is 27.0. The molecule has 1 aromatic heterocycles. The Morgan fingerprint density at radius 1 is 1.31 bits per heavy atom. The number of ether oxygens (including phenoxy) is 1. The van der Waals surface area contributed by atoms with Gasteiger partial charge in [-0.15, -0.1) is 11.3 Å². The van der Waals surface area contributed by atoms with Crippen LogP contribution in [0.1, 0.15) is 35.7 Å². The Hall–Kier alpha value is -2.87. The number of carbonyl (C=O) groups excluding carboxylic acids is 1. The molecule has 8 heteroatoms. The van der Waals surface area contributed by atoms with Gasteiger partial charge < -0.3 is 14.9 Å². The summed E-state index contributed by atoms with van der Waals surface area (Å²) in [7, 11) is 1.46. The van der Waals surface area contributed by atoms with Gasteiger partial charge in [0.15, 0.2) is 11.5 Å². The average molecular weight is 374 g/mol. The maximum Gasteiger partial charge on any atom is 0.303 e. The van der Waals surface area contributed by atoms with Crippen LogP contribution in [0.15, 0.2) is 40.8 Å². The molecule has 0 aliphatic carbocycles. The fraction of sp³-hybridized carbons (Fsp3) is 0.278. The number of amides is 1. The number of hydrogen-bond acceptors (Lipinski definition) is 6. The number of carboxylic acids is 1. The third-order valence-corrected chi connectivity index (χ3v) is 5.05. The van der Waals surface area contributed by atoms with Crippen molar-refractivity contribution in [3.8, 4) is 11.5 Å². The number of para-hydroxylation sites is 1. The first kappa shape index (κ1) is 17.9. The normalized spacial score (nSPS) is 16.4. The molecule has 1 amide bonds. The van der Waals surface area contributed by atoms with Gasteiger partial charge in [-0.25, -0.2) is 5.01 Å². The second-order valence-corrected chi connectivity index (χ2v) is 6.72. The van der Waals surface area contributed by atoms with Gasteiger partial charge in [-0.1, -0.05) is 18.2 Å². The lowest BCUT2D eigenvalue weighted by Gasteiger charge is -2.23. The van der Waals surface area contributed by atoms with E-state index in [9.17, 15) is 14.7 Å². The highest BCUT2D eigenvalue weighted by atomic mass is 32.1. The van der Waals surface area contributed by atoms with Crippen molar-refractivity contribution < 1.29 is 24.5 Å². The van der Waals surface area contributed by atoms with Crippen molar-refractivity contribution in [1.29, 1.82) is 0 Å². The van der Waals surface area contributed by atoms with Crippen LogP contribution in [0, 0.1) is 0 Å². The van der Waals surface area contributed by atoms with Crippen molar-refractivity contribution in [3.05, 3.63) is 46.2 Å². The Kier molecular flexibility index (Phi) is 5.22. The molecule has 0 bridgehead atoms. The topological polar surface area (TPSA) is 99.4 Å². The van der Waals surface area contributed by atoms with Gasteiger partial charge in [0.2, 0.25) is 5.91 Å². The van der Waals surface area contributed by atoms with Crippen LogP contribution >= 0.6 is 11.3 Å². The minimum Gasteiger partial charge on any atom is -0.504 e. The number of hydrazone groups is 1. The van der Waals surface area contributed by atoms with Crippen molar-refractivity contribution >= 4 is 28.9 Å². The second-order valence-electron chi connectivity index (χ2n) is 5.77. The average Bonchev–Trinajstić information content (AvgIpc) is 3.29. The third kappa shape index (κ3) is 3.55. The predicted octanol–water partition coefficient (Wildman–Crippen LogP) is 3.00. The number of phenolic OH excluding ortho intramolecular Hbond substituents is 1. The highest BCUT2D eigenvalue weighted by molar-refractivity contribution is 7.12. The molecule has 2 aromatic rings. The Labute approximate surface area is 154 Å². The number of aliphatic carboxylic acids is 1. The number of phenols is 1. The minimum absolute atomic E-state index is 0.0429. The van der Waals surface area contributed by atoms with Crippen LogP contribution in [0.5, 0.6) is 11.5 Å². The molecular weight excluding hydrogens is 356 g/mol. The minimum atomic E-state index is -1.04. The summed E-state index contributed by atoms with van der Waals surface area (Å²) in [6, 6.07) is 8.38. The molecule has 26 heavy (non-hydrogen) atoms. The van der Waals surface area contributed by atoms with E-state index in [1.54, 1.807) is 18.2 Å². The van der Waals surface area contributed by atoms with Crippen molar-refractivity contribution in [1.82, 2.24) is 5.01 Å². The molecule has 7 nitrogen and oxygen atoms in total. The fourth-order valence-electron chi connectivity index (χ4n) is 2.88. The van der Waals surface area contributed by atoms with Gasteiger partial charge >= 0.3 is 5.97 Å². The Morgan fingerprint density at radius 2 is 2.12 bits per heavy atom. The van der Waals surface area contributed by atoms with E-state index in [4.69, 9.17) is 9.84 Å². The van der Waals surface area contributed by atoms with Crippen molar-refractivity contribution in [2.24, 2.45) is 5.10 Å². The SMILES string of the molecule is COc1cccc(C2CC(c3cccs3)=NN2C(=O)CCC(=O)O)c1O. The number of carbonyl (C=O) groups is 2. The van der Waals surface area contributed by atoms with Crippen LogP contribution in [0.25, 0.3) is 0 Å². The lowest BCUT2D eigenvalue weighted by molar-refractivity contribution is -0.141. The Bertz CT molecular complexity index is 847. The largest absolute Gasteiger partial charge is 0.504 e. The molecule has 1 aliphatic rings. The molecule has 3 rings (SSSR count). The number of aromatic hydroxyl groups is 1. The number of benzene rings is 1. The van der Waals surface area contributed by atoms with Crippen molar-refractivity contribution in [2.75, 3.05) is 7.11 Å². The van der Waals surface area contributed by atoms with Crippen LogP contribution in [-0.2, 0) is 9.59 Å². The van der Waals surface area contributed by atoms with Crippen molar-refractivity contribution in [3.63, 3.8) is 0 Å². The van der Waals surface area contributed by atoms with Gasteiger partial charge in [0, 0.05) is 18.4 Å². The first-order valence-electron chi connectivity index (χ1n) is 8.02. The van der Waals surface area contributed by atoms with Crippen LogP contribution in [0.4, 0.5) is 0 Å². The second kappa shape index (κ2) is 7.57. The van der Waals surface area contributed by atoms with E-state index in [1.807, 2.05) is 17.5 Å². The van der Waals surface area contributed by atoms with E-state index in [0.717, 1.165) is 10.6 Å². The molecule has 2 heterocycles. The van der Waals surface area contributed by atoms with Gasteiger partial charge in [0.25, 0.3) is 0 Å². The van der Waals surface area contributed by atoms with E-state index in [1.165, 1.54) is 23.5 Å². The summed E-state index contributed by atoms with van der Waals surface area (Å²) in [6.07, 6.45) is 0.00778. The summed E-state index contributed by atoms with van der Waals surface area (Å²) in [6.45, 7) is 0. The van der Waals surface area contributed by atoms with Crippen LogP contribution < -0.4 is 4.74 Å². The smallest absolute Gasteiger partial charge is 0.303 e. The van der Waals surface area contributed by atoms with Crippen LogP contribution in [0.2, 0.25) is 0 Å². The van der Waals surface area contributed by atoms with Gasteiger partial charge in [-0.3, -0.25) is 9.59 Å². The van der Waals surface area contributed by atoms with Gasteiger partial charge in [0.1, 0.15) is 0 Å². The number of nitrogens with zero attached hydrogens (tertiary/aromatic N) is 2. The Balaban J connectivity index is 1.95. The van der Waals surface area contributed by atoms with Crippen molar-refractivity contribution in [2.45, 2.75) is 25.3 Å². The summed E-state index contributed by atoms with van der Waals surface area (Å²) < 4.78 is 5.15. The summed E-state index contributed by atoms with van der Waals surface area (Å²) in [5.41, 5.74) is 1.25. The van der Waals surface area contributed by atoms with E-state index in [0.29, 0.717) is 17.7 Å². The molecule has 0 saturated heterocycles. The quantitative estimate of drug-likeness (QED) is 0.810. The zero-order chi connectivity index (χ0) is 18.7. The number of carboxylic acid groups (broad SMARTS) is 1. The van der Waals surface area contributed by atoms with E-state index in [-0.39, 0.29) is 18.6 Å². The van der Waals surface area contributed by atoms with Crippen LogP contribution in [0.3, 0.4) is 0 Å². The maximum absolute atomic E-state index is 12.6. The van der Waals surface area contributed by atoms with E-state index in [2.05, 4.69) is 5.10 Å². The Morgan fingerprint density at radius 3 is 2.77 bits per heavy atom. The predicted molar refractivity (Wildman–Crippen MR) is 96.6 cm³/mol. The number of rotatable bonds is 6. The van der Waals surface area contributed by atoms with Gasteiger partial charge in [-0.05, 0) is 17.5 Å². The van der Waals surface area contributed by atoms with E-state index < -0.39 is 17.9 Å². The number of thiophene rings is 1. The molecule has 0 spiro atoms. The fourth-order valence-corrected chi connectivity index (χ4v) is 3.60. The highest BCUT2D eigenvalue weighted by Gasteiger charge is 2.35. The van der Waals surface area contributed by atoms with Gasteiger partial charge in [0.05, 0.1) is 30.2 Å². The summed E-state index contributed by atoms with van der Waals surface area (Å²) in [4.78, 5) is 24.3. The van der Waals surface area contributed by atoms with Crippen LogP contribution in [-0.4, -0.2) is 39.9 Å². The standard InChI is InChI=1S/C18H18N2O5S/c1-25-14-5-2-4-11(18(14)24)13-10-12(15-6-3-9-26-15)19-20(13)16(21)7-8-17(22)23/h2-6,9,13,24H,7-8,10H2,1H3,(H,22,23). The molecule has 1 aliphatic heterocycles. The lowest BCUT2D eigenvalue weighted by Crippen LogP contribution is -2.27. The molecule has 0 fully saturated rings.